The largest absolute Gasteiger partial charge is 0.394 e. The van der Waals surface area contributed by atoms with Gasteiger partial charge in [0, 0.05) is 12.7 Å². The summed E-state index contributed by atoms with van der Waals surface area (Å²) >= 11 is 0. The molecular formula is C22H22N4O5S. The van der Waals surface area contributed by atoms with E-state index in [1.54, 1.807) is 36.5 Å². The van der Waals surface area contributed by atoms with Crippen molar-refractivity contribution in [2.45, 2.75) is 23.3 Å². The van der Waals surface area contributed by atoms with Crippen LogP contribution in [0.5, 0.6) is 0 Å². The first kappa shape index (κ1) is 21.9. The van der Waals surface area contributed by atoms with E-state index < -0.39 is 15.4 Å². The number of fused-ring (bicyclic) bond motifs is 2. The molecule has 2 N–H and O–H groups in total. The molecule has 3 aromatic heterocycles. The monoisotopic (exact) mass is 454 g/mol. The minimum atomic E-state index is -4.07. The number of sulfone groups is 1. The fraction of sp³-hybridized carbons (Fsp3) is 0.227. The lowest BCUT2D eigenvalue weighted by Crippen LogP contribution is -2.31. The summed E-state index contributed by atoms with van der Waals surface area (Å²) in [6.45, 7) is 1.98. The minimum absolute atomic E-state index is 0.0351. The van der Waals surface area contributed by atoms with Crippen molar-refractivity contribution in [2.75, 3.05) is 19.8 Å². The zero-order valence-corrected chi connectivity index (χ0v) is 18.2. The Balaban J connectivity index is 2.01. The Bertz CT molecular complexity index is 1520. The summed E-state index contributed by atoms with van der Waals surface area (Å²) < 4.78 is 34.8. The van der Waals surface area contributed by atoms with Crippen molar-refractivity contribution in [1.29, 1.82) is 5.41 Å². The number of benzene rings is 1. The molecule has 0 saturated heterocycles. The summed E-state index contributed by atoms with van der Waals surface area (Å²) in [4.78, 5) is 17.4. The SMILES string of the molecule is Cc1ccc(S(=O)(=O)c2cc3c(=O)n4ccccc4nc3n(CCOCCO)c2=N)cc1. The molecule has 4 aromatic rings. The normalized spacial score (nSPS) is 11.9. The van der Waals surface area contributed by atoms with Gasteiger partial charge in [-0.25, -0.2) is 13.4 Å². The van der Waals surface area contributed by atoms with Crippen molar-refractivity contribution in [3.63, 3.8) is 0 Å². The van der Waals surface area contributed by atoms with Crippen LogP contribution in [0.4, 0.5) is 0 Å². The van der Waals surface area contributed by atoms with Gasteiger partial charge in [-0.15, -0.1) is 0 Å². The zero-order chi connectivity index (χ0) is 22.9. The second-order valence-corrected chi connectivity index (χ2v) is 9.16. The maximum Gasteiger partial charge on any atom is 0.267 e. The molecule has 1 aromatic carbocycles. The molecule has 10 heteroatoms. The first-order valence-electron chi connectivity index (χ1n) is 9.94. The molecule has 0 bridgehead atoms. The fourth-order valence-corrected chi connectivity index (χ4v) is 4.84. The number of hydrogen-bond donors (Lipinski definition) is 2. The maximum absolute atomic E-state index is 13.4. The molecule has 0 spiro atoms. The summed E-state index contributed by atoms with van der Waals surface area (Å²) in [6, 6.07) is 12.6. The van der Waals surface area contributed by atoms with Gasteiger partial charge < -0.3 is 14.4 Å². The second kappa shape index (κ2) is 8.65. The van der Waals surface area contributed by atoms with Gasteiger partial charge in [-0.05, 0) is 37.3 Å². The number of hydrogen-bond acceptors (Lipinski definition) is 7. The average molecular weight is 455 g/mol. The third kappa shape index (κ3) is 3.83. The van der Waals surface area contributed by atoms with E-state index in [4.69, 9.17) is 15.3 Å². The number of nitrogens with one attached hydrogen (secondary N) is 1. The Labute approximate surface area is 183 Å². The molecule has 166 valence electrons. The quantitative estimate of drug-likeness (QED) is 0.320. The lowest BCUT2D eigenvalue weighted by molar-refractivity contribution is 0.0867. The first-order valence-corrected chi connectivity index (χ1v) is 11.4. The maximum atomic E-state index is 13.4. The van der Waals surface area contributed by atoms with E-state index in [9.17, 15) is 13.2 Å². The Kier molecular flexibility index (Phi) is 5.92. The molecular weight excluding hydrogens is 432 g/mol. The summed E-state index contributed by atoms with van der Waals surface area (Å²) in [5.41, 5.74) is 0.748. The van der Waals surface area contributed by atoms with Crippen LogP contribution >= 0.6 is 0 Å². The van der Waals surface area contributed by atoms with Crippen LogP contribution in [0.15, 0.2) is 69.3 Å². The van der Waals surface area contributed by atoms with Crippen LogP contribution in [-0.4, -0.2) is 47.3 Å². The number of aryl methyl sites for hydroxylation is 1. The van der Waals surface area contributed by atoms with Crippen LogP contribution in [0, 0.1) is 12.3 Å². The molecule has 0 amide bonds. The Morgan fingerprint density at radius 3 is 2.59 bits per heavy atom. The number of aliphatic hydroxyl groups excluding tert-OH is 1. The van der Waals surface area contributed by atoms with Crippen LogP contribution in [0.25, 0.3) is 16.7 Å². The van der Waals surface area contributed by atoms with E-state index in [0.717, 1.165) is 5.56 Å². The number of aromatic nitrogens is 3. The summed E-state index contributed by atoms with van der Waals surface area (Å²) in [6.07, 6.45) is 1.56. The van der Waals surface area contributed by atoms with Gasteiger partial charge >= 0.3 is 0 Å². The van der Waals surface area contributed by atoms with Gasteiger partial charge in [-0.1, -0.05) is 23.8 Å². The smallest absolute Gasteiger partial charge is 0.267 e. The van der Waals surface area contributed by atoms with Crippen molar-refractivity contribution >= 4 is 26.5 Å². The van der Waals surface area contributed by atoms with Gasteiger partial charge in [-0.3, -0.25) is 14.6 Å². The topological polar surface area (TPSA) is 127 Å². The molecule has 0 aliphatic rings. The minimum Gasteiger partial charge on any atom is -0.394 e. The molecule has 0 saturated carbocycles. The van der Waals surface area contributed by atoms with Gasteiger partial charge in [0.1, 0.15) is 21.7 Å². The highest BCUT2D eigenvalue weighted by atomic mass is 32.2. The molecule has 0 aliphatic carbocycles. The average Bonchev–Trinajstić information content (AvgIpc) is 2.78. The molecule has 0 fully saturated rings. The van der Waals surface area contributed by atoms with Crippen LogP contribution in [0.3, 0.4) is 0 Å². The molecule has 0 aliphatic heterocycles. The van der Waals surface area contributed by atoms with Gasteiger partial charge in [0.2, 0.25) is 9.84 Å². The van der Waals surface area contributed by atoms with Crippen molar-refractivity contribution in [3.05, 3.63) is 76.1 Å². The van der Waals surface area contributed by atoms with E-state index in [-0.39, 0.29) is 52.7 Å². The molecule has 0 atom stereocenters. The van der Waals surface area contributed by atoms with E-state index >= 15 is 0 Å². The van der Waals surface area contributed by atoms with Gasteiger partial charge in [0.15, 0.2) is 0 Å². The standard InChI is InChI=1S/C22H22N4O5S/c1-15-5-7-16(8-6-15)32(29,30)18-14-17-21(26(20(18)23)10-12-31-13-11-27)24-19-4-2-3-9-25(19)22(17)28/h2-9,14,23,27H,10-13H2,1H3. The second-order valence-electron chi connectivity index (χ2n) is 7.24. The lowest BCUT2D eigenvalue weighted by atomic mass is 10.2. The van der Waals surface area contributed by atoms with E-state index in [1.807, 2.05) is 6.92 Å². The zero-order valence-electron chi connectivity index (χ0n) is 17.4. The highest BCUT2D eigenvalue weighted by molar-refractivity contribution is 7.91. The van der Waals surface area contributed by atoms with E-state index in [2.05, 4.69) is 4.98 Å². The molecule has 3 heterocycles. The lowest BCUT2D eigenvalue weighted by Gasteiger charge is -2.15. The Morgan fingerprint density at radius 1 is 1.12 bits per heavy atom. The Hall–Kier alpha value is -3.34. The Morgan fingerprint density at radius 2 is 1.88 bits per heavy atom. The molecule has 32 heavy (non-hydrogen) atoms. The van der Waals surface area contributed by atoms with Crippen LogP contribution in [-0.2, 0) is 21.1 Å². The molecule has 0 radical (unpaired) electrons. The summed E-state index contributed by atoms with van der Waals surface area (Å²) in [7, 11) is -4.07. The predicted octanol–water partition coefficient (Wildman–Crippen LogP) is 1.28. The van der Waals surface area contributed by atoms with Gasteiger partial charge in [-0.2, -0.15) is 0 Å². The van der Waals surface area contributed by atoms with E-state index in [0.29, 0.717) is 5.65 Å². The van der Waals surface area contributed by atoms with E-state index in [1.165, 1.54) is 27.2 Å². The number of aliphatic hydroxyl groups is 1. The van der Waals surface area contributed by atoms with Crippen LogP contribution in [0.1, 0.15) is 5.56 Å². The van der Waals surface area contributed by atoms with Gasteiger partial charge in [0.05, 0.1) is 30.1 Å². The van der Waals surface area contributed by atoms with Gasteiger partial charge in [0.25, 0.3) is 5.56 Å². The first-order chi connectivity index (χ1) is 15.3. The molecule has 4 rings (SSSR count). The number of pyridine rings is 2. The summed E-state index contributed by atoms with van der Waals surface area (Å²) in [5, 5.41) is 17.7. The van der Waals surface area contributed by atoms with Crippen molar-refractivity contribution < 1.29 is 18.3 Å². The third-order valence-electron chi connectivity index (χ3n) is 5.10. The highest BCUT2D eigenvalue weighted by Crippen LogP contribution is 2.21. The third-order valence-corrected chi connectivity index (χ3v) is 6.88. The number of ether oxygens (including phenoxy) is 1. The highest BCUT2D eigenvalue weighted by Gasteiger charge is 2.24. The van der Waals surface area contributed by atoms with Crippen molar-refractivity contribution in [1.82, 2.24) is 14.0 Å². The van der Waals surface area contributed by atoms with Crippen LogP contribution < -0.4 is 11.0 Å². The number of rotatable bonds is 7. The van der Waals surface area contributed by atoms with Crippen molar-refractivity contribution in [2.24, 2.45) is 0 Å². The van der Waals surface area contributed by atoms with Crippen molar-refractivity contribution in [3.8, 4) is 0 Å². The predicted molar refractivity (Wildman–Crippen MR) is 117 cm³/mol. The molecule has 9 nitrogen and oxygen atoms in total. The summed E-state index contributed by atoms with van der Waals surface area (Å²) in [5.74, 6) is 0. The molecule has 0 unspecified atom stereocenters. The number of nitrogens with zero attached hydrogens (tertiary/aromatic N) is 3. The fourth-order valence-electron chi connectivity index (χ4n) is 3.45. The van der Waals surface area contributed by atoms with Crippen LogP contribution in [0.2, 0.25) is 0 Å².